The van der Waals surface area contributed by atoms with E-state index in [9.17, 15) is 30.0 Å². The van der Waals surface area contributed by atoms with Gasteiger partial charge in [-0.1, -0.05) is 72.8 Å². The molecule has 0 saturated heterocycles. The number of aromatic hydroxyl groups is 4. The maximum absolute atomic E-state index is 11.7. The van der Waals surface area contributed by atoms with Crippen molar-refractivity contribution in [3.63, 3.8) is 0 Å². The first-order chi connectivity index (χ1) is 22.0. The molecule has 0 heterocycles. The molecule has 4 aromatic rings. The van der Waals surface area contributed by atoms with Crippen LogP contribution in [0, 0.1) is 0 Å². The summed E-state index contributed by atoms with van der Waals surface area (Å²) in [6.45, 7) is 0. The molecule has 0 unspecified atom stereocenters. The van der Waals surface area contributed by atoms with Crippen molar-refractivity contribution in [2.45, 2.75) is 0 Å². The summed E-state index contributed by atoms with van der Waals surface area (Å²) in [5, 5.41) is 56.1. The van der Waals surface area contributed by atoms with E-state index in [1.165, 1.54) is 72.8 Å². The van der Waals surface area contributed by atoms with Crippen LogP contribution >= 0.6 is 0 Å². The number of allylic oxidation sites excluding steroid dienone is 6. The first-order valence-electron chi connectivity index (χ1n) is 13.8. The van der Waals surface area contributed by atoms with Crippen molar-refractivity contribution < 1.29 is 56.7 Å². The molecule has 47 heavy (non-hydrogen) atoms. The van der Waals surface area contributed by atoms with Crippen molar-refractivity contribution in [1.29, 1.82) is 0 Å². The summed E-state index contributed by atoms with van der Waals surface area (Å²) in [4.78, 5) is 23.4. The molecule has 0 aliphatic rings. The molecule has 6 N–H and O–H groups in total. The molecule has 9 heteroatoms. The summed E-state index contributed by atoms with van der Waals surface area (Å²) in [6, 6.07) is 25.7. The average Bonchev–Trinajstić information content (AvgIpc) is 3.04. The predicted octanol–water partition coefficient (Wildman–Crippen LogP) is 7.67. The molecule has 0 bridgehead atoms. The van der Waals surface area contributed by atoms with Crippen LogP contribution in [0.15, 0.2) is 145 Å². The van der Waals surface area contributed by atoms with E-state index in [1.54, 1.807) is 72.8 Å². The van der Waals surface area contributed by atoms with Gasteiger partial charge in [0.25, 0.3) is 0 Å². The molecule has 0 aromatic heterocycles. The Morgan fingerprint density at radius 1 is 0.383 bits per heavy atom. The smallest absolute Gasteiger partial charge is 0.182 e. The Morgan fingerprint density at radius 2 is 0.596 bits per heavy atom. The van der Waals surface area contributed by atoms with E-state index in [-0.39, 0.29) is 62.6 Å². The molecule has 0 amide bonds. The van der Waals surface area contributed by atoms with E-state index in [2.05, 4.69) is 0 Å². The Kier molecular flexibility index (Phi) is 15.3. The molecule has 242 valence electrons. The minimum Gasteiger partial charge on any atom is -0.508 e. The second-order valence-electron chi connectivity index (χ2n) is 9.64. The fourth-order valence-electron chi connectivity index (χ4n) is 3.55. The summed E-state index contributed by atoms with van der Waals surface area (Å²) in [5.74, 6) is -0.405. The van der Waals surface area contributed by atoms with E-state index in [0.29, 0.717) is 0 Å². The third kappa shape index (κ3) is 15.0. The van der Waals surface area contributed by atoms with Crippen molar-refractivity contribution in [2.75, 3.05) is 0 Å². The number of phenolic OH excluding ortho intramolecular Hbond substituents is 4. The SMILES string of the molecule is O=C(/C=C(O)/C=C/c1ccc(O)cc1)/C=C/c1ccc(O)cc1.O=C(/C=C(O)/C=C/c1ccc(O)cc1)/C=C/c1ccc(O)cc1.[Ni]. The van der Waals surface area contributed by atoms with Crippen LogP contribution in [0.5, 0.6) is 23.0 Å². The van der Waals surface area contributed by atoms with Crippen LogP contribution in [-0.2, 0) is 26.1 Å². The Hall–Kier alpha value is -6.05. The fourth-order valence-corrected chi connectivity index (χ4v) is 3.55. The van der Waals surface area contributed by atoms with Gasteiger partial charge in [-0.2, -0.15) is 0 Å². The van der Waals surface area contributed by atoms with Crippen molar-refractivity contribution in [3.8, 4) is 23.0 Å². The summed E-state index contributed by atoms with van der Waals surface area (Å²) < 4.78 is 0. The van der Waals surface area contributed by atoms with Crippen LogP contribution in [0.25, 0.3) is 24.3 Å². The number of hydrogen-bond donors (Lipinski definition) is 6. The van der Waals surface area contributed by atoms with E-state index < -0.39 is 0 Å². The van der Waals surface area contributed by atoms with E-state index >= 15 is 0 Å². The zero-order valence-corrected chi connectivity index (χ0v) is 25.8. The molecule has 4 rings (SSSR count). The van der Waals surface area contributed by atoms with Gasteiger partial charge in [-0.3, -0.25) is 9.59 Å². The number of rotatable bonds is 10. The molecular formula is C38H32NiO8. The number of phenols is 4. The quantitative estimate of drug-likeness (QED) is 0.0433. The van der Waals surface area contributed by atoms with Crippen LogP contribution in [0.1, 0.15) is 22.3 Å². The van der Waals surface area contributed by atoms with Gasteiger partial charge in [0.1, 0.15) is 34.5 Å². The molecule has 0 atom stereocenters. The second-order valence-corrected chi connectivity index (χ2v) is 9.64. The van der Waals surface area contributed by atoms with Gasteiger partial charge in [-0.05, 0) is 95.1 Å². The minimum atomic E-state index is -0.356. The fraction of sp³-hybridized carbons (Fsp3) is 0. The van der Waals surface area contributed by atoms with Crippen LogP contribution in [-0.4, -0.2) is 42.2 Å². The van der Waals surface area contributed by atoms with Gasteiger partial charge in [0.05, 0.1) is 0 Å². The standard InChI is InChI=1S/2C19H16O4.Ni/c2*20-16-7-1-14(2-8-16)5-11-18(22)13-19(23)12-6-15-3-9-17(21)10-4-15;/h2*1-13,20-22H;/b2*11-5+,12-6+,18-13-;. The number of benzene rings is 4. The molecule has 8 nitrogen and oxygen atoms in total. The molecule has 0 aliphatic carbocycles. The van der Waals surface area contributed by atoms with E-state index in [1.807, 2.05) is 0 Å². The summed E-state index contributed by atoms with van der Waals surface area (Å²) >= 11 is 0. The van der Waals surface area contributed by atoms with Gasteiger partial charge >= 0.3 is 0 Å². The molecule has 0 aliphatic heterocycles. The van der Waals surface area contributed by atoms with Crippen molar-refractivity contribution in [3.05, 3.63) is 167 Å². The topological polar surface area (TPSA) is 156 Å². The van der Waals surface area contributed by atoms with Crippen LogP contribution in [0.2, 0.25) is 0 Å². The first-order valence-corrected chi connectivity index (χ1v) is 13.8. The Balaban J connectivity index is 0.000000320. The molecule has 0 spiro atoms. The molecule has 0 radical (unpaired) electrons. The van der Waals surface area contributed by atoms with Gasteiger partial charge in [-0.25, -0.2) is 0 Å². The third-order valence-electron chi connectivity index (χ3n) is 5.93. The Bertz CT molecular complexity index is 1640. The molecule has 4 aromatic carbocycles. The maximum Gasteiger partial charge on any atom is 0.182 e. The summed E-state index contributed by atoms with van der Waals surface area (Å²) in [7, 11) is 0. The van der Waals surface area contributed by atoms with Gasteiger partial charge in [-0.15, -0.1) is 0 Å². The summed E-state index contributed by atoms with van der Waals surface area (Å²) in [5.41, 5.74) is 3.11. The minimum absolute atomic E-state index is 0. The largest absolute Gasteiger partial charge is 0.508 e. The molecule has 0 fully saturated rings. The number of carbonyl (C=O) groups is 2. The normalized spacial score (nSPS) is 11.8. The summed E-state index contributed by atoms with van der Waals surface area (Å²) in [6.07, 6.45) is 14.1. The number of carbonyl (C=O) groups excluding carboxylic acids is 2. The molecule has 0 saturated carbocycles. The van der Waals surface area contributed by atoms with Crippen LogP contribution in [0.4, 0.5) is 0 Å². The molecular weight excluding hydrogens is 643 g/mol. The van der Waals surface area contributed by atoms with Crippen molar-refractivity contribution in [1.82, 2.24) is 0 Å². The third-order valence-corrected chi connectivity index (χ3v) is 5.93. The number of hydrogen-bond acceptors (Lipinski definition) is 8. The van der Waals surface area contributed by atoms with Gasteiger partial charge in [0.2, 0.25) is 0 Å². The zero-order chi connectivity index (χ0) is 33.3. The Morgan fingerprint density at radius 3 is 0.830 bits per heavy atom. The van der Waals surface area contributed by atoms with Gasteiger partial charge in [0, 0.05) is 28.6 Å². The Labute approximate surface area is 282 Å². The van der Waals surface area contributed by atoms with Crippen LogP contribution < -0.4 is 0 Å². The number of aliphatic hydroxyl groups is 2. The van der Waals surface area contributed by atoms with E-state index in [4.69, 9.17) is 10.2 Å². The average molecular weight is 675 g/mol. The first kappa shape index (κ1) is 37.1. The number of aliphatic hydroxyl groups excluding tert-OH is 2. The predicted molar refractivity (Wildman–Crippen MR) is 180 cm³/mol. The van der Waals surface area contributed by atoms with Crippen molar-refractivity contribution in [2.24, 2.45) is 0 Å². The number of ketones is 2. The van der Waals surface area contributed by atoms with Crippen LogP contribution in [0.3, 0.4) is 0 Å². The van der Waals surface area contributed by atoms with E-state index in [0.717, 1.165) is 34.4 Å². The zero-order valence-electron chi connectivity index (χ0n) is 24.8. The van der Waals surface area contributed by atoms with Gasteiger partial charge < -0.3 is 30.6 Å². The monoisotopic (exact) mass is 674 g/mol. The van der Waals surface area contributed by atoms with Crippen molar-refractivity contribution >= 4 is 35.9 Å². The van der Waals surface area contributed by atoms with Gasteiger partial charge in [0.15, 0.2) is 11.6 Å². The maximum atomic E-state index is 11.7. The second kappa shape index (κ2) is 19.4.